The van der Waals surface area contributed by atoms with Gasteiger partial charge in [-0.15, -0.1) is 23.1 Å². The SMILES string of the molecule is CCSc1ccccc1C(=O)Nc1cc(-c2cccs2)nn1-c1nc(C)c(C)c(=O)[nH]1. The molecule has 7 nitrogen and oxygen atoms in total. The zero-order chi connectivity index (χ0) is 22.0. The van der Waals surface area contributed by atoms with E-state index in [-0.39, 0.29) is 17.4 Å². The summed E-state index contributed by atoms with van der Waals surface area (Å²) in [6.45, 7) is 5.54. The highest BCUT2D eigenvalue weighted by molar-refractivity contribution is 7.99. The Hall–Kier alpha value is -3.17. The molecule has 0 unspecified atom stereocenters. The van der Waals surface area contributed by atoms with Crippen LogP contribution in [0.1, 0.15) is 28.5 Å². The Bertz CT molecular complexity index is 1290. The molecule has 0 bridgehead atoms. The molecule has 0 spiro atoms. The first-order valence-electron chi connectivity index (χ1n) is 9.73. The molecule has 4 aromatic rings. The van der Waals surface area contributed by atoms with Gasteiger partial charge in [0.25, 0.3) is 11.5 Å². The van der Waals surface area contributed by atoms with Gasteiger partial charge in [-0.3, -0.25) is 14.6 Å². The Morgan fingerprint density at radius 3 is 2.74 bits per heavy atom. The lowest BCUT2D eigenvalue weighted by molar-refractivity contribution is 0.102. The number of aromatic nitrogens is 4. The molecule has 0 radical (unpaired) electrons. The molecule has 1 amide bonds. The first kappa shape index (κ1) is 21.1. The van der Waals surface area contributed by atoms with Crippen molar-refractivity contribution in [2.75, 3.05) is 11.1 Å². The number of benzene rings is 1. The van der Waals surface area contributed by atoms with E-state index in [1.54, 1.807) is 49.1 Å². The Morgan fingerprint density at radius 2 is 2.03 bits per heavy atom. The van der Waals surface area contributed by atoms with Gasteiger partial charge in [0.1, 0.15) is 11.5 Å². The molecule has 0 saturated heterocycles. The van der Waals surface area contributed by atoms with E-state index >= 15 is 0 Å². The number of rotatable bonds is 6. The minimum absolute atomic E-state index is 0.238. The van der Waals surface area contributed by atoms with Crippen molar-refractivity contribution in [2.45, 2.75) is 25.7 Å². The Morgan fingerprint density at radius 1 is 1.23 bits per heavy atom. The standard InChI is InChI=1S/C22H21N5O2S2/c1-4-30-17-9-6-5-8-15(17)21(29)24-19-12-16(18-10-7-11-31-18)26-27(19)22-23-14(3)13(2)20(28)25-22/h5-12H,4H2,1-3H3,(H,24,29)(H,23,25,28). The molecule has 3 heterocycles. The fraction of sp³-hybridized carbons (Fsp3) is 0.182. The van der Waals surface area contributed by atoms with Gasteiger partial charge in [-0.2, -0.15) is 9.78 Å². The number of thioether (sulfide) groups is 1. The highest BCUT2D eigenvalue weighted by Crippen LogP contribution is 2.28. The van der Waals surface area contributed by atoms with E-state index in [1.165, 1.54) is 4.68 Å². The Kier molecular flexibility index (Phi) is 6.06. The van der Waals surface area contributed by atoms with E-state index in [0.717, 1.165) is 15.5 Å². The van der Waals surface area contributed by atoms with Crippen LogP contribution in [0.2, 0.25) is 0 Å². The van der Waals surface area contributed by atoms with Crippen LogP contribution >= 0.6 is 23.1 Å². The lowest BCUT2D eigenvalue weighted by atomic mass is 10.2. The van der Waals surface area contributed by atoms with Crippen LogP contribution in [0.3, 0.4) is 0 Å². The minimum Gasteiger partial charge on any atom is -0.306 e. The summed E-state index contributed by atoms with van der Waals surface area (Å²) in [5.74, 6) is 1.29. The van der Waals surface area contributed by atoms with Crippen molar-refractivity contribution in [3.8, 4) is 16.5 Å². The van der Waals surface area contributed by atoms with Crippen LogP contribution in [-0.2, 0) is 0 Å². The molecule has 0 aliphatic rings. The summed E-state index contributed by atoms with van der Waals surface area (Å²) in [6.07, 6.45) is 0. The van der Waals surface area contributed by atoms with Crippen LogP contribution in [-0.4, -0.2) is 31.4 Å². The van der Waals surface area contributed by atoms with E-state index in [0.29, 0.717) is 28.3 Å². The fourth-order valence-electron chi connectivity index (χ4n) is 3.03. The molecule has 2 N–H and O–H groups in total. The molecule has 0 atom stereocenters. The first-order valence-corrected chi connectivity index (χ1v) is 11.6. The minimum atomic E-state index is -0.249. The number of aryl methyl sites for hydroxylation is 1. The molecule has 0 aliphatic heterocycles. The van der Waals surface area contributed by atoms with Gasteiger partial charge >= 0.3 is 0 Å². The third-order valence-electron chi connectivity index (χ3n) is 4.74. The number of hydrogen-bond acceptors (Lipinski definition) is 6. The summed E-state index contributed by atoms with van der Waals surface area (Å²) in [5.41, 5.74) is 2.18. The lowest BCUT2D eigenvalue weighted by Gasteiger charge is -2.11. The zero-order valence-electron chi connectivity index (χ0n) is 17.3. The van der Waals surface area contributed by atoms with Crippen molar-refractivity contribution in [2.24, 2.45) is 0 Å². The van der Waals surface area contributed by atoms with Crippen LogP contribution in [0.4, 0.5) is 5.82 Å². The van der Waals surface area contributed by atoms with Gasteiger partial charge in [0.2, 0.25) is 5.95 Å². The van der Waals surface area contributed by atoms with E-state index in [4.69, 9.17) is 0 Å². The van der Waals surface area contributed by atoms with E-state index in [9.17, 15) is 9.59 Å². The van der Waals surface area contributed by atoms with Crippen molar-refractivity contribution in [3.63, 3.8) is 0 Å². The van der Waals surface area contributed by atoms with Gasteiger partial charge < -0.3 is 5.32 Å². The van der Waals surface area contributed by atoms with Crippen molar-refractivity contribution in [1.29, 1.82) is 0 Å². The van der Waals surface area contributed by atoms with Crippen LogP contribution in [0.5, 0.6) is 0 Å². The highest BCUT2D eigenvalue weighted by Gasteiger charge is 2.19. The van der Waals surface area contributed by atoms with Crippen molar-refractivity contribution in [1.82, 2.24) is 19.7 Å². The number of nitrogens with zero attached hydrogens (tertiary/aromatic N) is 3. The van der Waals surface area contributed by atoms with Crippen molar-refractivity contribution >= 4 is 34.8 Å². The maximum absolute atomic E-state index is 13.1. The molecular formula is C22H21N5O2S2. The smallest absolute Gasteiger partial charge is 0.257 e. The predicted octanol–water partition coefficient (Wildman–Crippen LogP) is 4.67. The van der Waals surface area contributed by atoms with E-state index < -0.39 is 0 Å². The maximum Gasteiger partial charge on any atom is 0.257 e. The van der Waals surface area contributed by atoms with Crippen LogP contribution < -0.4 is 10.9 Å². The summed E-state index contributed by atoms with van der Waals surface area (Å²) >= 11 is 3.15. The molecule has 31 heavy (non-hydrogen) atoms. The third kappa shape index (κ3) is 4.33. The summed E-state index contributed by atoms with van der Waals surface area (Å²) < 4.78 is 1.47. The fourth-order valence-corrected chi connectivity index (χ4v) is 4.51. The highest BCUT2D eigenvalue weighted by atomic mass is 32.2. The second kappa shape index (κ2) is 8.91. The number of anilines is 1. The van der Waals surface area contributed by atoms with Gasteiger partial charge in [-0.1, -0.05) is 25.1 Å². The third-order valence-corrected chi connectivity index (χ3v) is 6.59. The quantitative estimate of drug-likeness (QED) is 0.416. The molecule has 0 aliphatic carbocycles. The van der Waals surface area contributed by atoms with Gasteiger partial charge in [0.15, 0.2) is 0 Å². The number of carbonyl (C=O) groups excluding carboxylic acids is 1. The number of thiophene rings is 1. The van der Waals surface area contributed by atoms with Gasteiger partial charge in [-0.25, -0.2) is 4.98 Å². The number of amides is 1. The Labute approximate surface area is 187 Å². The average Bonchev–Trinajstić information content (AvgIpc) is 3.42. The molecule has 9 heteroatoms. The van der Waals surface area contributed by atoms with Crippen LogP contribution in [0.15, 0.2) is 57.5 Å². The maximum atomic E-state index is 13.1. The summed E-state index contributed by atoms with van der Waals surface area (Å²) in [6, 6.07) is 13.2. The number of aromatic amines is 1. The predicted molar refractivity (Wildman–Crippen MR) is 126 cm³/mol. The van der Waals surface area contributed by atoms with E-state index in [1.807, 2.05) is 42.6 Å². The summed E-state index contributed by atoms with van der Waals surface area (Å²) in [5, 5.41) is 9.52. The molecular weight excluding hydrogens is 430 g/mol. The number of carbonyl (C=O) groups is 1. The number of hydrogen-bond donors (Lipinski definition) is 2. The first-order chi connectivity index (χ1) is 15.0. The van der Waals surface area contributed by atoms with Gasteiger partial charge in [0, 0.05) is 22.2 Å². The Balaban J connectivity index is 1.78. The summed E-state index contributed by atoms with van der Waals surface area (Å²) in [7, 11) is 0. The second-order valence-electron chi connectivity index (χ2n) is 6.79. The van der Waals surface area contributed by atoms with Crippen LogP contribution in [0, 0.1) is 13.8 Å². The average molecular weight is 452 g/mol. The normalized spacial score (nSPS) is 10.9. The number of nitrogens with one attached hydrogen (secondary N) is 2. The van der Waals surface area contributed by atoms with Gasteiger partial charge in [-0.05, 0) is 43.2 Å². The summed E-state index contributed by atoms with van der Waals surface area (Å²) in [4.78, 5) is 34.5. The largest absolute Gasteiger partial charge is 0.306 e. The lowest BCUT2D eigenvalue weighted by Crippen LogP contribution is -2.21. The molecule has 3 aromatic heterocycles. The zero-order valence-corrected chi connectivity index (χ0v) is 18.9. The molecule has 0 saturated carbocycles. The second-order valence-corrected chi connectivity index (χ2v) is 9.04. The molecule has 1 aromatic carbocycles. The molecule has 0 fully saturated rings. The molecule has 4 rings (SSSR count). The monoisotopic (exact) mass is 451 g/mol. The van der Waals surface area contributed by atoms with E-state index in [2.05, 4.69) is 20.4 Å². The van der Waals surface area contributed by atoms with Crippen LogP contribution in [0.25, 0.3) is 16.5 Å². The van der Waals surface area contributed by atoms with Gasteiger partial charge in [0.05, 0.1) is 10.4 Å². The topological polar surface area (TPSA) is 92.7 Å². The molecule has 158 valence electrons. The number of H-pyrrole nitrogens is 1. The van der Waals surface area contributed by atoms with Crippen molar-refractivity contribution < 1.29 is 4.79 Å². The van der Waals surface area contributed by atoms with Crippen molar-refractivity contribution in [3.05, 3.63) is 75.0 Å².